The van der Waals surface area contributed by atoms with E-state index in [1.807, 2.05) is 6.92 Å². The fraction of sp³-hybridized carbons (Fsp3) is 0.889. The Kier molecular flexibility index (Phi) is 5.36. The maximum Gasteiger partial charge on any atom is 0.290 e. The number of fused-ring (bicyclic) bond motifs is 2. The quantitative estimate of drug-likeness (QED) is 0.723. The third-order valence-corrected chi connectivity index (χ3v) is 7.11. The molecule has 2 aliphatic carbocycles. The van der Waals surface area contributed by atoms with E-state index in [4.69, 9.17) is 9.47 Å². The number of ether oxygens (including phenoxy) is 2. The van der Waals surface area contributed by atoms with Gasteiger partial charge in [0.2, 0.25) is 0 Å². The van der Waals surface area contributed by atoms with Crippen LogP contribution in [0.1, 0.15) is 39.0 Å². The molecule has 0 radical (unpaired) electrons. The lowest BCUT2D eigenvalue weighted by atomic mass is 9.96. The lowest BCUT2D eigenvalue weighted by Gasteiger charge is -2.27. The number of rotatable bonds is 6. The molecule has 2 saturated carbocycles. The lowest BCUT2D eigenvalue weighted by Crippen LogP contribution is -2.38. The summed E-state index contributed by atoms with van der Waals surface area (Å²) in [5, 5.41) is 4.29. The maximum atomic E-state index is 12.3. The van der Waals surface area contributed by atoms with E-state index >= 15 is 0 Å². The molecular weight excluding hydrogens is 338 g/mol. The molecule has 1 N–H and O–H groups in total. The monoisotopic (exact) mass is 367 g/mol. The Labute approximate surface area is 154 Å². The number of hydrogen-bond acceptors (Lipinski definition) is 6. The summed E-state index contributed by atoms with van der Waals surface area (Å²) in [5.41, 5.74) is 0. The zero-order valence-corrected chi connectivity index (χ0v) is 15.9. The van der Waals surface area contributed by atoms with Gasteiger partial charge in [-0.3, -0.25) is 9.69 Å². The van der Waals surface area contributed by atoms with E-state index < -0.39 is 4.93 Å². The normalized spacial score (nSPS) is 38.4. The molecule has 25 heavy (non-hydrogen) atoms. The second kappa shape index (κ2) is 7.55. The Morgan fingerprint density at radius 1 is 1.36 bits per heavy atom. The summed E-state index contributed by atoms with van der Waals surface area (Å²) >= 11 is 1.45. The van der Waals surface area contributed by atoms with Crippen LogP contribution in [0.15, 0.2) is 4.99 Å². The van der Waals surface area contributed by atoms with Gasteiger partial charge in [-0.2, -0.15) is 4.99 Å². The maximum absolute atomic E-state index is 12.3. The minimum atomic E-state index is -0.856. The molecule has 4 unspecified atom stereocenters. The van der Waals surface area contributed by atoms with Crippen LogP contribution in [0.3, 0.4) is 0 Å². The molecule has 2 bridgehead atoms. The van der Waals surface area contributed by atoms with Crippen molar-refractivity contribution in [3.05, 3.63) is 0 Å². The van der Waals surface area contributed by atoms with Crippen LogP contribution in [0.25, 0.3) is 0 Å². The first-order chi connectivity index (χ1) is 12.1. The van der Waals surface area contributed by atoms with Crippen molar-refractivity contribution in [2.75, 3.05) is 39.5 Å². The Hall–Kier alpha value is -0.630. The predicted molar refractivity (Wildman–Crippen MR) is 98.6 cm³/mol. The number of hydrogen-bond donors (Lipinski definition) is 1. The third-order valence-electron chi connectivity index (χ3n) is 6.03. The Bertz CT molecular complexity index is 538. The molecule has 1 saturated heterocycles. The van der Waals surface area contributed by atoms with Gasteiger partial charge in [0.25, 0.3) is 5.91 Å². The van der Waals surface area contributed by atoms with Crippen molar-refractivity contribution in [1.82, 2.24) is 10.2 Å². The number of nitrogens with one attached hydrogen (secondary N) is 1. The van der Waals surface area contributed by atoms with E-state index in [2.05, 4.69) is 15.2 Å². The average Bonchev–Trinajstić information content (AvgIpc) is 3.29. The molecule has 4 atom stereocenters. The van der Waals surface area contributed by atoms with Crippen molar-refractivity contribution in [3.63, 3.8) is 0 Å². The van der Waals surface area contributed by atoms with E-state index in [9.17, 15) is 4.79 Å². The summed E-state index contributed by atoms with van der Waals surface area (Å²) in [7, 11) is 0. The van der Waals surface area contributed by atoms with Gasteiger partial charge < -0.3 is 14.8 Å². The number of amides is 1. The molecule has 2 aliphatic heterocycles. The van der Waals surface area contributed by atoms with E-state index in [1.165, 1.54) is 37.4 Å². The molecule has 0 aromatic heterocycles. The van der Waals surface area contributed by atoms with Crippen LogP contribution < -0.4 is 5.32 Å². The Morgan fingerprint density at radius 3 is 2.92 bits per heavy atom. The number of thioether (sulfide) groups is 1. The number of carbonyl (C=O) groups is 1. The molecule has 0 aromatic carbocycles. The highest BCUT2D eigenvalue weighted by atomic mass is 32.2. The summed E-state index contributed by atoms with van der Waals surface area (Å²) in [6.45, 7) is 7.06. The van der Waals surface area contributed by atoms with Crippen LogP contribution in [0.2, 0.25) is 0 Å². The highest BCUT2D eigenvalue weighted by molar-refractivity contribution is 8.16. The molecular formula is C18H29N3O3S. The van der Waals surface area contributed by atoms with Crippen LogP contribution in [0, 0.1) is 11.8 Å². The van der Waals surface area contributed by atoms with Gasteiger partial charge in [0, 0.05) is 25.7 Å². The van der Waals surface area contributed by atoms with Gasteiger partial charge in [0.15, 0.2) is 10.1 Å². The lowest BCUT2D eigenvalue weighted by molar-refractivity contribution is -0.130. The Morgan fingerprint density at radius 2 is 2.20 bits per heavy atom. The number of morpholine rings is 1. The molecule has 3 fully saturated rings. The summed E-state index contributed by atoms with van der Waals surface area (Å²) in [6.07, 6.45) is 6.21. The second-order valence-corrected chi connectivity index (χ2v) is 9.22. The van der Waals surface area contributed by atoms with Gasteiger partial charge in [-0.15, -0.1) is 0 Å². The molecule has 2 heterocycles. The first-order valence-electron chi connectivity index (χ1n) is 9.65. The first kappa shape index (κ1) is 17.8. The fourth-order valence-electron chi connectivity index (χ4n) is 4.56. The largest absolute Gasteiger partial charge is 0.379 e. The smallest absolute Gasteiger partial charge is 0.290 e. The van der Waals surface area contributed by atoms with Crippen LogP contribution in [-0.2, 0) is 14.3 Å². The van der Waals surface area contributed by atoms with Gasteiger partial charge in [-0.25, -0.2) is 0 Å². The van der Waals surface area contributed by atoms with Crippen molar-refractivity contribution >= 4 is 22.8 Å². The van der Waals surface area contributed by atoms with Crippen LogP contribution in [-0.4, -0.2) is 66.4 Å². The molecule has 6 nitrogen and oxygen atoms in total. The standard InChI is InChI=1S/C18H29N3O3S/c1-18(24-8-2-5-21-6-9-23-10-7-21)16(22)20-17(25-18)19-15-12-13-3-4-14(15)11-13/h13-15H,2-12H2,1H3,(H,19,20,22). The van der Waals surface area contributed by atoms with Gasteiger partial charge in [-0.05, 0) is 56.2 Å². The third kappa shape index (κ3) is 4.04. The molecule has 1 amide bonds. The second-order valence-electron chi connectivity index (χ2n) is 7.85. The Balaban J connectivity index is 1.20. The van der Waals surface area contributed by atoms with Gasteiger partial charge >= 0.3 is 0 Å². The minimum Gasteiger partial charge on any atom is -0.379 e. The number of amidine groups is 1. The predicted octanol–water partition coefficient (Wildman–Crippen LogP) is 1.85. The zero-order chi connectivity index (χ0) is 17.3. The van der Waals surface area contributed by atoms with E-state index in [0.29, 0.717) is 12.6 Å². The fourth-order valence-corrected chi connectivity index (χ4v) is 5.54. The van der Waals surface area contributed by atoms with E-state index in [-0.39, 0.29) is 5.91 Å². The summed E-state index contributed by atoms with van der Waals surface area (Å²) < 4.78 is 11.3. The zero-order valence-electron chi connectivity index (χ0n) is 15.0. The summed E-state index contributed by atoms with van der Waals surface area (Å²) in [5.74, 6) is 1.49. The SMILES string of the molecule is CC1(OCCCN2CCOCC2)SC(NC2CC3CCC2C3)=NC1=O. The van der Waals surface area contributed by atoms with Crippen molar-refractivity contribution in [3.8, 4) is 0 Å². The van der Waals surface area contributed by atoms with Crippen molar-refractivity contribution in [2.24, 2.45) is 16.8 Å². The number of nitrogens with zero attached hydrogens (tertiary/aromatic N) is 2. The summed E-state index contributed by atoms with van der Waals surface area (Å²) in [6, 6.07) is 0.501. The van der Waals surface area contributed by atoms with Gasteiger partial charge in [0.05, 0.1) is 19.8 Å². The number of aliphatic imine (C=N–C) groups is 1. The van der Waals surface area contributed by atoms with Crippen LogP contribution >= 0.6 is 11.8 Å². The average molecular weight is 368 g/mol. The highest BCUT2D eigenvalue weighted by Gasteiger charge is 2.45. The molecule has 0 spiro atoms. The van der Waals surface area contributed by atoms with E-state index in [1.54, 1.807) is 0 Å². The molecule has 140 valence electrons. The topological polar surface area (TPSA) is 63.2 Å². The molecule has 0 aromatic rings. The van der Waals surface area contributed by atoms with Gasteiger partial charge in [0.1, 0.15) is 0 Å². The van der Waals surface area contributed by atoms with Crippen LogP contribution in [0.4, 0.5) is 0 Å². The number of carbonyl (C=O) groups excluding carboxylic acids is 1. The highest BCUT2D eigenvalue weighted by Crippen LogP contribution is 2.45. The van der Waals surface area contributed by atoms with Crippen LogP contribution in [0.5, 0.6) is 0 Å². The van der Waals surface area contributed by atoms with Gasteiger partial charge in [-0.1, -0.05) is 6.42 Å². The summed E-state index contributed by atoms with van der Waals surface area (Å²) in [4.78, 5) is 18.1. The van der Waals surface area contributed by atoms with E-state index in [0.717, 1.165) is 56.3 Å². The first-order valence-corrected chi connectivity index (χ1v) is 10.5. The van der Waals surface area contributed by atoms with Crippen molar-refractivity contribution < 1.29 is 14.3 Å². The molecule has 4 aliphatic rings. The minimum absolute atomic E-state index is 0.158. The van der Waals surface area contributed by atoms with Crippen molar-refractivity contribution in [1.29, 1.82) is 0 Å². The molecule has 4 rings (SSSR count). The van der Waals surface area contributed by atoms with Crippen molar-refractivity contribution in [2.45, 2.75) is 50.0 Å². The molecule has 7 heteroatoms.